The number of methoxy groups -OCH3 is 1. The summed E-state index contributed by atoms with van der Waals surface area (Å²) in [5, 5.41) is 9.28. The Morgan fingerprint density at radius 1 is 1.26 bits per heavy atom. The molecular formula is C20H35N5O2. The molecule has 0 aromatic heterocycles. The van der Waals surface area contributed by atoms with Crippen LogP contribution in [0.2, 0.25) is 0 Å². The Kier molecular flexibility index (Phi) is 11.9. The number of nitrogens with zero attached hydrogens (tertiary/aromatic N) is 2. The average Bonchev–Trinajstić information content (AvgIpc) is 2.69. The molecule has 1 rings (SSSR count). The zero-order chi connectivity index (χ0) is 19.9. The van der Waals surface area contributed by atoms with E-state index in [9.17, 15) is 4.79 Å². The number of rotatable bonds is 12. The fourth-order valence-corrected chi connectivity index (χ4v) is 2.57. The lowest BCUT2D eigenvalue weighted by molar-refractivity contribution is 0.0963. The number of nitrogens with one attached hydrogen (secondary N) is 3. The molecule has 3 N–H and O–H groups in total. The van der Waals surface area contributed by atoms with Crippen molar-refractivity contribution in [1.82, 2.24) is 20.9 Å². The van der Waals surface area contributed by atoms with Crippen LogP contribution in [-0.4, -0.2) is 77.3 Å². The molecule has 0 spiro atoms. The van der Waals surface area contributed by atoms with Crippen molar-refractivity contribution in [3.8, 4) is 0 Å². The highest BCUT2D eigenvalue weighted by Gasteiger charge is 2.04. The first-order chi connectivity index (χ1) is 13.1. The van der Waals surface area contributed by atoms with Crippen molar-refractivity contribution in [2.45, 2.75) is 19.8 Å². The first kappa shape index (κ1) is 22.9. The highest BCUT2D eigenvalue weighted by molar-refractivity contribution is 5.94. The third-order valence-electron chi connectivity index (χ3n) is 4.11. The summed E-state index contributed by atoms with van der Waals surface area (Å²) in [6.45, 7) is 7.11. The second kappa shape index (κ2) is 14.0. The largest absolute Gasteiger partial charge is 0.383 e. The Morgan fingerprint density at radius 2 is 2.07 bits per heavy atom. The van der Waals surface area contributed by atoms with Crippen molar-refractivity contribution >= 4 is 11.9 Å². The zero-order valence-electron chi connectivity index (χ0n) is 17.2. The van der Waals surface area contributed by atoms with Crippen LogP contribution in [0, 0.1) is 0 Å². The van der Waals surface area contributed by atoms with E-state index in [0.717, 1.165) is 63.7 Å². The molecule has 0 bridgehead atoms. The van der Waals surface area contributed by atoms with Gasteiger partial charge in [-0.3, -0.25) is 9.79 Å². The van der Waals surface area contributed by atoms with Crippen LogP contribution >= 0.6 is 0 Å². The van der Waals surface area contributed by atoms with Gasteiger partial charge in [-0.1, -0.05) is 12.1 Å². The van der Waals surface area contributed by atoms with Gasteiger partial charge < -0.3 is 25.6 Å². The van der Waals surface area contributed by atoms with E-state index in [1.165, 1.54) is 0 Å². The van der Waals surface area contributed by atoms with Crippen LogP contribution in [0.3, 0.4) is 0 Å². The number of carbonyl (C=O) groups excluding carboxylic acids is 1. The highest BCUT2D eigenvalue weighted by atomic mass is 16.5. The van der Waals surface area contributed by atoms with Gasteiger partial charge in [0.15, 0.2) is 5.96 Å². The molecule has 0 saturated heterocycles. The summed E-state index contributed by atoms with van der Waals surface area (Å²) in [6.07, 6.45) is 1.83. The number of benzene rings is 1. The lowest BCUT2D eigenvalue weighted by Gasteiger charge is -2.15. The molecule has 0 radical (unpaired) electrons. The van der Waals surface area contributed by atoms with Crippen LogP contribution in [0.15, 0.2) is 29.3 Å². The molecule has 0 aliphatic carbocycles. The van der Waals surface area contributed by atoms with E-state index in [1.807, 2.05) is 24.3 Å². The highest BCUT2D eigenvalue weighted by Crippen LogP contribution is 2.05. The number of likely N-dealkylation sites (N-methyl/N-ethyl adjacent to an activating group) is 1. The molecule has 7 heteroatoms. The van der Waals surface area contributed by atoms with Crippen molar-refractivity contribution in [3.63, 3.8) is 0 Å². The normalized spacial score (nSPS) is 11.5. The number of amides is 1. The van der Waals surface area contributed by atoms with Crippen molar-refractivity contribution in [2.75, 3.05) is 60.5 Å². The van der Waals surface area contributed by atoms with Gasteiger partial charge in [0.05, 0.1) is 6.61 Å². The lowest BCUT2D eigenvalue weighted by Crippen LogP contribution is -2.38. The number of carbonyl (C=O) groups is 1. The molecule has 0 fully saturated rings. The van der Waals surface area contributed by atoms with Crippen molar-refractivity contribution in [2.24, 2.45) is 4.99 Å². The number of ether oxygens (including phenoxy) is 1. The summed E-state index contributed by atoms with van der Waals surface area (Å²) < 4.78 is 5.09. The Morgan fingerprint density at radius 3 is 2.78 bits per heavy atom. The van der Waals surface area contributed by atoms with E-state index in [2.05, 4.69) is 39.8 Å². The van der Waals surface area contributed by atoms with Gasteiger partial charge in [-0.25, -0.2) is 0 Å². The van der Waals surface area contributed by atoms with E-state index >= 15 is 0 Å². The van der Waals surface area contributed by atoms with Gasteiger partial charge in [0.1, 0.15) is 0 Å². The predicted molar refractivity (Wildman–Crippen MR) is 112 cm³/mol. The van der Waals surface area contributed by atoms with Crippen molar-refractivity contribution in [1.29, 1.82) is 0 Å². The second-order valence-electron chi connectivity index (χ2n) is 6.37. The summed E-state index contributed by atoms with van der Waals surface area (Å²) in [5.74, 6) is 0.773. The van der Waals surface area contributed by atoms with Crippen LogP contribution in [0.5, 0.6) is 0 Å². The van der Waals surface area contributed by atoms with Gasteiger partial charge in [0, 0.05) is 45.9 Å². The second-order valence-corrected chi connectivity index (χ2v) is 6.37. The smallest absolute Gasteiger partial charge is 0.251 e. The number of guanidine groups is 1. The minimum Gasteiger partial charge on any atom is -0.383 e. The van der Waals surface area contributed by atoms with Gasteiger partial charge in [-0.2, -0.15) is 0 Å². The topological polar surface area (TPSA) is 78.0 Å². The minimum atomic E-state index is -0.0600. The number of aliphatic imine (C=N–C) groups is 1. The summed E-state index contributed by atoms with van der Waals surface area (Å²) in [7, 11) is 5.46. The van der Waals surface area contributed by atoms with Crippen LogP contribution in [-0.2, 0) is 11.2 Å². The van der Waals surface area contributed by atoms with E-state index < -0.39 is 0 Å². The number of hydrogen-bond acceptors (Lipinski definition) is 4. The summed E-state index contributed by atoms with van der Waals surface area (Å²) in [5.41, 5.74) is 1.81. The third-order valence-corrected chi connectivity index (χ3v) is 4.11. The molecule has 0 heterocycles. The fraction of sp³-hybridized carbons (Fsp3) is 0.600. The standard InChI is InChI=1S/C20H35N5O2/c1-5-22-20(23-11-7-13-25(3)14-15-27-4)24-12-10-17-8-6-9-18(16-17)19(26)21-2/h6,8-9,16H,5,7,10-15H2,1-4H3,(H,21,26)(H2,22,23,24). The van der Waals surface area contributed by atoms with E-state index in [0.29, 0.717) is 5.56 Å². The SMILES string of the molecule is CCNC(=NCCCN(C)CCOC)NCCc1cccc(C(=O)NC)c1. The molecule has 1 aromatic carbocycles. The average molecular weight is 378 g/mol. The molecule has 0 unspecified atom stereocenters. The van der Waals surface area contributed by atoms with Gasteiger partial charge in [-0.05, 0) is 51.1 Å². The Hall–Kier alpha value is -2.12. The van der Waals surface area contributed by atoms with Gasteiger partial charge in [-0.15, -0.1) is 0 Å². The molecular weight excluding hydrogens is 342 g/mol. The lowest BCUT2D eigenvalue weighted by atomic mass is 10.1. The molecule has 152 valence electrons. The van der Waals surface area contributed by atoms with Crippen LogP contribution in [0.1, 0.15) is 29.3 Å². The van der Waals surface area contributed by atoms with Crippen LogP contribution < -0.4 is 16.0 Å². The molecule has 0 aliphatic rings. The Labute approximate surface area is 163 Å². The Bertz CT molecular complexity index is 577. The first-order valence-electron chi connectivity index (χ1n) is 9.61. The van der Waals surface area contributed by atoms with Crippen LogP contribution in [0.25, 0.3) is 0 Å². The first-order valence-corrected chi connectivity index (χ1v) is 9.61. The quantitative estimate of drug-likeness (QED) is 0.289. The summed E-state index contributed by atoms with van der Waals surface area (Å²) in [4.78, 5) is 18.6. The van der Waals surface area contributed by atoms with E-state index in [1.54, 1.807) is 14.2 Å². The van der Waals surface area contributed by atoms with E-state index in [-0.39, 0.29) is 5.91 Å². The maximum atomic E-state index is 11.7. The molecule has 1 amide bonds. The van der Waals surface area contributed by atoms with Crippen molar-refractivity contribution in [3.05, 3.63) is 35.4 Å². The third kappa shape index (κ3) is 9.96. The van der Waals surface area contributed by atoms with Gasteiger partial charge in [0.2, 0.25) is 0 Å². The van der Waals surface area contributed by atoms with Crippen molar-refractivity contribution < 1.29 is 9.53 Å². The molecule has 1 aromatic rings. The van der Waals surface area contributed by atoms with Crippen LogP contribution in [0.4, 0.5) is 0 Å². The summed E-state index contributed by atoms with van der Waals surface area (Å²) in [6, 6.07) is 7.71. The molecule has 27 heavy (non-hydrogen) atoms. The molecule has 7 nitrogen and oxygen atoms in total. The maximum Gasteiger partial charge on any atom is 0.251 e. The zero-order valence-corrected chi connectivity index (χ0v) is 17.2. The monoisotopic (exact) mass is 377 g/mol. The molecule has 0 atom stereocenters. The maximum absolute atomic E-state index is 11.7. The van der Waals surface area contributed by atoms with Gasteiger partial charge >= 0.3 is 0 Å². The Balaban J connectivity index is 2.40. The van der Waals surface area contributed by atoms with E-state index in [4.69, 9.17) is 4.74 Å². The summed E-state index contributed by atoms with van der Waals surface area (Å²) >= 11 is 0. The molecule has 0 saturated carbocycles. The predicted octanol–water partition coefficient (Wildman–Crippen LogP) is 1.11. The number of hydrogen-bond donors (Lipinski definition) is 3. The van der Waals surface area contributed by atoms with Gasteiger partial charge in [0.25, 0.3) is 5.91 Å². The minimum absolute atomic E-state index is 0.0600. The fourth-order valence-electron chi connectivity index (χ4n) is 2.57. The molecule has 0 aliphatic heterocycles.